The van der Waals surface area contributed by atoms with Gasteiger partial charge in [0.15, 0.2) is 5.84 Å². The monoisotopic (exact) mass is 525 g/mol. The van der Waals surface area contributed by atoms with Crippen LogP contribution in [0.15, 0.2) is 101 Å². The number of aliphatic imine (C=N–C) groups is 1. The van der Waals surface area contributed by atoms with Crippen molar-refractivity contribution >= 4 is 62.3 Å². The van der Waals surface area contributed by atoms with Gasteiger partial charge in [0, 0.05) is 34.2 Å². The molecule has 1 N–H and O–H groups in total. The third kappa shape index (κ3) is 4.57. The van der Waals surface area contributed by atoms with Gasteiger partial charge in [-0.3, -0.25) is 10.2 Å². The van der Waals surface area contributed by atoms with E-state index in [4.69, 9.17) is 21.7 Å². The maximum Gasteiger partial charge on any atom is 0.283 e. The summed E-state index contributed by atoms with van der Waals surface area (Å²) in [5.74, 6) is 0.241. The largest absolute Gasteiger partial charge is 0.487 e. The minimum atomic E-state index is -0.466. The summed E-state index contributed by atoms with van der Waals surface area (Å²) in [7, 11) is 0. The van der Waals surface area contributed by atoms with Gasteiger partial charge in [-0.05, 0) is 47.7 Å². The smallest absolute Gasteiger partial charge is 0.283 e. The first kappa shape index (κ1) is 23.3. The minimum Gasteiger partial charge on any atom is -0.487 e. The van der Waals surface area contributed by atoms with E-state index in [1.807, 2.05) is 85.1 Å². The fourth-order valence-corrected chi connectivity index (χ4v) is 5.23. The predicted octanol–water partition coefficient (Wildman–Crippen LogP) is 6.04. The van der Waals surface area contributed by atoms with E-state index >= 15 is 0 Å². The van der Waals surface area contributed by atoms with Gasteiger partial charge in [0.2, 0.25) is 5.17 Å². The summed E-state index contributed by atoms with van der Waals surface area (Å²) in [4.78, 5) is 17.2. The number of benzene rings is 3. The third-order valence-corrected chi connectivity index (χ3v) is 7.27. The zero-order valence-electron chi connectivity index (χ0n) is 19.5. The molecule has 0 bridgehead atoms. The molecule has 9 heteroatoms. The molecule has 2 aliphatic rings. The second-order valence-electron chi connectivity index (χ2n) is 8.44. The molecular weight excluding hydrogens is 506 g/mol. The van der Waals surface area contributed by atoms with Crippen molar-refractivity contribution < 1.29 is 9.53 Å². The van der Waals surface area contributed by atoms with Gasteiger partial charge in [-0.15, -0.1) is 0 Å². The normalized spacial score (nSPS) is 16.2. The molecule has 2 aliphatic heterocycles. The molecule has 0 radical (unpaired) electrons. The number of carbonyl (C=O) groups is 1. The average molecular weight is 526 g/mol. The van der Waals surface area contributed by atoms with Crippen LogP contribution >= 0.6 is 23.4 Å². The van der Waals surface area contributed by atoms with Gasteiger partial charge in [0.05, 0.1) is 5.57 Å². The lowest BCUT2D eigenvalue weighted by atomic mass is 10.1. The first-order valence-electron chi connectivity index (χ1n) is 11.5. The molecule has 0 aliphatic carbocycles. The van der Waals surface area contributed by atoms with E-state index in [0.29, 0.717) is 21.8 Å². The van der Waals surface area contributed by atoms with Gasteiger partial charge in [-0.25, -0.2) is 0 Å². The first-order valence-corrected chi connectivity index (χ1v) is 12.7. The van der Waals surface area contributed by atoms with E-state index in [1.54, 1.807) is 6.08 Å². The van der Waals surface area contributed by atoms with Crippen molar-refractivity contribution in [1.82, 2.24) is 9.58 Å². The maximum absolute atomic E-state index is 13.0. The molecule has 4 aromatic rings. The number of para-hydroxylation sites is 2. The average Bonchev–Trinajstić information content (AvgIpc) is 3.48. The summed E-state index contributed by atoms with van der Waals surface area (Å²) >= 11 is 7.64. The molecule has 7 nitrogen and oxygen atoms in total. The molecule has 0 unspecified atom stereocenters. The van der Waals surface area contributed by atoms with E-state index in [1.165, 1.54) is 16.8 Å². The number of fused-ring (bicyclic) bond motifs is 2. The molecule has 0 atom stereocenters. The summed E-state index contributed by atoms with van der Waals surface area (Å²) < 4.78 is 7.87. The summed E-state index contributed by atoms with van der Waals surface area (Å²) in [5.41, 5.74) is 2.99. The highest BCUT2D eigenvalue weighted by Gasteiger charge is 2.36. The number of thioether (sulfide) groups is 1. The molecule has 1 amide bonds. The second kappa shape index (κ2) is 9.72. The number of hydrogen-bond donors (Lipinski definition) is 1. The third-order valence-electron chi connectivity index (χ3n) is 6.02. The Kier molecular flexibility index (Phi) is 6.12. The minimum absolute atomic E-state index is 0.0138. The molecular formula is C28H20ClN5O2S. The Bertz CT molecular complexity index is 1640. The number of hydrazone groups is 1. The topological polar surface area (TPSA) is 83.0 Å². The maximum atomic E-state index is 13.0. The van der Waals surface area contributed by atoms with E-state index in [9.17, 15) is 4.79 Å². The summed E-state index contributed by atoms with van der Waals surface area (Å²) in [6.45, 7) is 0.801. The molecule has 3 aromatic carbocycles. The highest BCUT2D eigenvalue weighted by atomic mass is 35.5. The fourth-order valence-electron chi connectivity index (χ4n) is 4.24. The van der Waals surface area contributed by atoms with Gasteiger partial charge >= 0.3 is 0 Å². The van der Waals surface area contributed by atoms with Crippen molar-refractivity contribution in [3.63, 3.8) is 0 Å². The van der Waals surface area contributed by atoms with Gasteiger partial charge in [0.1, 0.15) is 17.4 Å². The van der Waals surface area contributed by atoms with Crippen LogP contribution in [0.4, 0.5) is 0 Å². The number of aromatic nitrogens is 1. The zero-order valence-corrected chi connectivity index (χ0v) is 21.0. The molecule has 0 fully saturated rings. The van der Waals surface area contributed by atoms with Crippen LogP contribution in [0.1, 0.15) is 11.1 Å². The molecule has 0 saturated carbocycles. The number of hydrogen-bond acceptors (Lipinski definition) is 5. The lowest BCUT2D eigenvalue weighted by Gasteiger charge is -2.20. The van der Waals surface area contributed by atoms with Crippen molar-refractivity contribution in [1.29, 1.82) is 5.41 Å². The lowest BCUT2D eigenvalue weighted by Crippen LogP contribution is -2.35. The quantitative estimate of drug-likeness (QED) is 0.311. The van der Waals surface area contributed by atoms with Crippen LogP contribution in [-0.4, -0.2) is 38.1 Å². The first-order chi connectivity index (χ1) is 18.1. The van der Waals surface area contributed by atoms with Crippen LogP contribution in [0.5, 0.6) is 5.75 Å². The van der Waals surface area contributed by atoms with Gasteiger partial charge in [-0.2, -0.15) is 15.1 Å². The Morgan fingerprint density at radius 2 is 1.76 bits per heavy atom. The Balaban J connectivity index is 1.30. The van der Waals surface area contributed by atoms with Crippen molar-refractivity contribution in [2.45, 2.75) is 6.54 Å². The lowest BCUT2D eigenvalue weighted by molar-refractivity contribution is -0.114. The zero-order chi connectivity index (χ0) is 25.4. The van der Waals surface area contributed by atoms with Crippen molar-refractivity contribution in [2.75, 3.05) is 6.61 Å². The standard InChI is InChI=1S/C28H20ClN5O2S/c29-23-12-6-4-8-18(23)15-33-16-19(21-11-5-7-13-24(21)33)14-22-26(30)34-28(31-27(22)35)37-25(32-34)17-36-20-9-2-1-3-10-20/h1-14,16,30H,15,17H2. The Morgan fingerprint density at radius 3 is 2.59 bits per heavy atom. The SMILES string of the molecule is N=C1C(=Cc2cn(Cc3ccccc3Cl)c3ccccc23)C(=O)N=C2SC(COc3ccccc3)=NN12. The molecule has 6 rings (SSSR count). The van der Waals surface area contributed by atoms with E-state index in [0.717, 1.165) is 27.8 Å². The second-order valence-corrected chi connectivity index (χ2v) is 9.88. The number of amides is 1. The number of rotatable bonds is 6. The number of nitrogens with zero attached hydrogens (tertiary/aromatic N) is 4. The predicted molar refractivity (Wildman–Crippen MR) is 149 cm³/mol. The van der Waals surface area contributed by atoms with Crippen LogP contribution in [0.3, 0.4) is 0 Å². The number of carbonyl (C=O) groups excluding carboxylic acids is 1. The van der Waals surface area contributed by atoms with Crippen molar-refractivity contribution in [3.8, 4) is 5.75 Å². The molecule has 37 heavy (non-hydrogen) atoms. The van der Waals surface area contributed by atoms with Crippen LogP contribution in [0.25, 0.3) is 17.0 Å². The van der Waals surface area contributed by atoms with Gasteiger partial charge in [0.25, 0.3) is 5.91 Å². The Labute approximate surface area is 222 Å². The molecule has 0 spiro atoms. The summed E-state index contributed by atoms with van der Waals surface area (Å²) in [5, 5.41) is 17.3. The number of nitrogens with one attached hydrogen (secondary N) is 1. The van der Waals surface area contributed by atoms with E-state index in [-0.39, 0.29) is 18.0 Å². The number of ether oxygens (including phenoxy) is 1. The van der Waals surface area contributed by atoms with Crippen molar-refractivity contribution in [3.05, 3.63) is 107 Å². The molecule has 3 heterocycles. The van der Waals surface area contributed by atoms with Crippen molar-refractivity contribution in [2.24, 2.45) is 10.1 Å². The van der Waals surface area contributed by atoms with Crippen LogP contribution in [0, 0.1) is 5.41 Å². The Morgan fingerprint density at radius 1 is 1.00 bits per heavy atom. The molecule has 182 valence electrons. The Hall–Kier alpha value is -4.14. The van der Waals surface area contributed by atoms with Crippen LogP contribution in [-0.2, 0) is 11.3 Å². The highest BCUT2D eigenvalue weighted by molar-refractivity contribution is 8.27. The number of halogens is 1. The highest BCUT2D eigenvalue weighted by Crippen LogP contribution is 2.31. The van der Waals surface area contributed by atoms with Gasteiger partial charge < -0.3 is 9.30 Å². The van der Waals surface area contributed by atoms with Crippen LogP contribution < -0.4 is 4.74 Å². The summed E-state index contributed by atoms with van der Waals surface area (Å²) in [6.07, 6.45) is 3.69. The fraction of sp³-hybridized carbons (Fsp3) is 0.0714. The van der Waals surface area contributed by atoms with Crippen LogP contribution in [0.2, 0.25) is 5.02 Å². The summed E-state index contributed by atoms with van der Waals surface area (Å²) in [6, 6.07) is 25.1. The molecule has 0 saturated heterocycles. The van der Waals surface area contributed by atoms with E-state index in [2.05, 4.69) is 14.7 Å². The molecule has 1 aromatic heterocycles. The number of amidine groups is 2. The van der Waals surface area contributed by atoms with E-state index < -0.39 is 5.91 Å². The van der Waals surface area contributed by atoms with Gasteiger partial charge in [-0.1, -0.05) is 66.2 Å².